The molecule has 3 aromatic carbocycles. The van der Waals surface area contributed by atoms with E-state index >= 15 is 0 Å². The lowest BCUT2D eigenvalue weighted by atomic mass is 9.79. The zero-order valence-electron chi connectivity index (χ0n) is 21.3. The third kappa shape index (κ3) is 4.31. The van der Waals surface area contributed by atoms with Crippen molar-refractivity contribution in [3.8, 4) is 5.75 Å². The second kappa shape index (κ2) is 9.95. The van der Waals surface area contributed by atoms with Gasteiger partial charge >= 0.3 is 0 Å². The molecule has 1 aliphatic carbocycles. The SMILES string of the molecule is COc1ccc([C@@H]2CC(=O)C3=C(C2)Nc2ccc(C)cc2N(C(=O)c2ccccc2)[C@H]3c2cccs2)cc1. The number of anilines is 2. The van der Waals surface area contributed by atoms with E-state index in [1.807, 2.05) is 102 Å². The van der Waals surface area contributed by atoms with Crippen molar-refractivity contribution in [1.29, 1.82) is 0 Å². The molecule has 6 heteroatoms. The van der Waals surface area contributed by atoms with E-state index in [9.17, 15) is 9.59 Å². The Morgan fingerprint density at radius 3 is 2.47 bits per heavy atom. The largest absolute Gasteiger partial charge is 0.497 e. The summed E-state index contributed by atoms with van der Waals surface area (Å²) in [5, 5.41) is 5.62. The first kappa shape index (κ1) is 24.2. The Labute approximate surface area is 226 Å². The van der Waals surface area contributed by atoms with Gasteiger partial charge in [0.25, 0.3) is 5.91 Å². The van der Waals surface area contributed by atoms with E-state index in [2.05, 4.69) is 5.32 Å². The van der Waals surface area contributed by atoms with E-state index in [0.29, 0.717) is 24.0 Å². The second-order valence-electron chi connectivity index (χ2n) is 9.80. The van der Waals surface area contributed by atoms with Crippen LogP contribution in [0, 0.1) is 6.92 Å². The molecule has 0 bridgehead atoms. The highest BCUT2D eigenvalue weighted by Crippen LogP contribution is 2.49. The topological polar surface area (TPSA) is 58.6 Å². The van der Waals surface area contributed by atoms with Crippen molar-refractivity contribution in [2.75, 3.05) is 17.3 Å². The Kier molecular flexibility index (Phi) is 6.34. The molecule has 190 valence electrons. The molecule has 0 fully saturated rings. The molecule has 4 aromatic rings. The number of fused-ring (bicyclic) bond motifs is 1. The smallest absolute Gasteiger partial charge is 0.259 e. The number of nitrogens with one attached hydrogen (secondary N) is 1. The summed E-state index contributed by atoms with van der Waals surface area (Å²) in [6.07, 6.45) is 1.06. The number of aryl methyl sites for hydroxylation is 1. The van der Waals surface area contributed by atoms with Gasteiger partial charge in [-0.05, 0) is 78.2 Å². The number of allylic oxidation sites excluding steroid dienone is 1. The number of thiophene rings is 1. The van der Waals surface area contributed by atoms with Crippen LogP contribution in [0.1, 0.15) is 51.2 Å². The minimum absolute atomic E-state index is 0.0360. The van der Waals surface area contributed by atoms with Crippen molar-refractivity contribution in [2.45, 2.75) is 31.7 Å². The fourth-order valence-corrected chi connectivity index (χ4v) is 6.34. The Bertz CT molecular complexity index is 1520. The van der Waals surface area contributed by atoms with Crippen LogP contribution < -0.4 is 15.0 Å². The number of hydrogen-bond acceptors (Lipinski definition) is 5. The average Bonchev–Trinajstić information content (AvgIpc) is 3.43. The van der Waals surface area contributed by atoms with Gasteiger partial charge in [0, 0.05) is 28.1 Å². The van der Waals surface area contributed by atoms with E-state index in [4.69, 9.17) is 4.74 Å². The van der Waals surface area contributed by atoms with E-state index < -0.39 is 6.04 Å². The van der Waals surface area contributed by atoms with Gasteiger partial charge in [0.05, 0.1) is 18.5 Å². The lowest BCUT2D eigenvalue weighted by molar-refractivity contribution is -0.116. The number of hydrogen-bond donors (Lipinski definition) is 1. The van der Waals surface area contributed by atoms with Gasteiger partial charge in [0.15, 0.2) is 5.78 Å². The molecule has 0 unspecified atom stereocenters. The van der Waals surface area contributed by atoms with Crippen molar-refractivity contribution in [3.05, 3.63) is 123 Å². The van der Waals surface area contributed by atoms with E-state index in [-0.39, 0.29) is 17.6 Å². The Morgan fingerprint density at radius 1 is 0.974 bits per heavy atom. The van der Waals surface area contributed by atoms with Gasteiger partial charge in [-0.25, -0.2) is 0 Å². The summed E-state index contributed by atoms with van der Waals surface area (Å²) >= 11 is 1.57. The third-order valence-corrected chi connectivity index (χ3v) is 8.30. The van der Waals surface area contributed by atoms with Crippen LogP contribution in [0.5, 0.6) is 5.75 Å². The highest BCUT2D eigenvalue weighted by molar-refractivity contribution is 7.10. The molecule has 1 aliphatic heterocycles. The number of carbonyl (C=O) groups excluding carboxylic acids is 2. The molecule has 0 saturated heterocycles. The zero-order chi connectivity index (χ0) is 26.2. The van der Waals surface area contributed by atoms with Crippen LogP contribution in [0.25, 0.3) is 0 Å². The minimum atomic E-state index is -0.516. The first-order valence-electron chi connectivity index (χ1n) is 12.7. The van der Waals surface area contributed by atoms with E-state index in [1.54, 1.807) is 18.4 Å². The molecule has 0 spiro atoms. The summed E-state index contributed by atoms with van der Waals surface area (Å²) in [5.74, 6) is 0.763. The Hall–Kier alpha value is -4.16. The van der Waals surface area contributed by atoms with Crippen molar-refractivity contribution in [3.63, 3.8) is 0 Å². The number of Topliss-reactive ketones (excluding diaryl/α,β-unsaturated/α-hetero) is 1. The molecule has 5 nitrogen and oxygen atoms in total. The van der Waals surface area contributed by atoms with Gasteiger partial charge in [-0.3, -0.25) is 14.5 Å². The fourth-order valence-electron chi connectivity index (χ4n) is 5.52. The maximum Gasteiger partial charge on any atom is 0.259 e. The number of rotatable bonds is 4. The molecule has 2 atom stereocenters. The maximum absolute atomic E-state index is 14.2. The van der Waals surface area contributed by atoms with Gasteiger partial charge in [-0.15, -0.1) is 11.3 Å². The number of carbonyl (C=O) groups is 2. The highest BCUT2D eigenvalue weighted by atomic mass is 32.1. The number of ketones is 1. The Balaban J connectivity index is 1.52. The van der Waals surface area contributed by atoms with Crippen molar-refractivity contribution >= 4 is 34.4 Å². The number of methoxy groups -OCH3 is 1. The standard InChI is InChI=1S/C32H28N2O3S/c1-20-10-15-25-27(17-20)34(32(36)22-7-4-3-5-8-22)31(29-9-6-16-38-29)30-26(33-25)18-23(19-28(30)35)21-11-13-24(37-2)14-12-21/h3-17,23,31,33H,18-19H2,1-2H3/t23-,31-/m0/s1. The average molecular weight is 521 g/mol. The molecular formula is C32H28N2O3S. The van der Waals surface area contributed by atoms with Crippen LogP contribution >= 0.6 is 11.3 Å². The number of benzene rings is 3. The third-order valence-electron chi connectivity index (χ3n) is 7.38. The number of nitrogens with zero attached hydrogens (tertiary/aromatic N) is 1. The summed E-state index contributed by atoms with van der Waals surface area (Å²) in [4.78, 5) is 31.1. The van der Waals surface area contributed by atoms with Gasteiger partial charge in [0.2, 0.25) is 0 Å². The van der Waals surface area contributed by atoms with Crippen LogP contribution in [0.3, 0.4) is 0 Å². The Morgan fingerprint density at radius 2 is 1.76 bits per heavy atom. The van der Waals surface area contributed by atoms with Crippen LogP contribution in [0.15, 0.2) is 102 Å². The summed E-state index contributed by atoms with van der Waals surface area (Å²) < 4.78 is 5.33. The minimum Gasteiger partial charge on any atom is -0.497 e. The lowest BCUT2D eigenvalue weighted by Gasteiger charge is -2.34. The summed E-state index contributed by atoms with van der Waals surface area (Å²) in [6, 6.07) is 26.8. The van der Waals surface area contributed by atoms with Crippen LogP contribution in [-0.2, 0) is 4.79 Å². The summed E-state index contributed by atoms with van der Waals surface area (Å²) in [7, 11) is 1.65. The zero-order valence-corrected chi connectivity index (χ0v) is 22.1. The van der Waals surface area contributed by atoms with E-state index in [1.165, 1.54) is 0 Å². The molecule has 0 saturated carbocycles. The predicted octanol–water partition coefficient (Wildman–Crippen LogP) is 7.28. The predicted molar refractivity (Wildman–Crippen MR) is 152 cm³/mol. The molecule has 0 radical (unpaired) electrons. The number of ether oxygens (including phenoxy) is 1. The maximum atomic E-state index is 14.2. The van der Waals surface area contributed by atoms with Gasteiger partial charge in [0.1, 0.15) is 11.8 Å². The highest BCUT2D eigenvalue weighted by Gasteiger charge is 2.42. The molecular weight excluding hydrogens is 492 g/mol. The van der Waals surface area contributed by atoms with Crippen LogP contribution in [-0.4, -0.2) is 18.8 Å². The van der Waals surface area contributed by atoms with Crippen molar-refractivity contribution < 1.29 is 14.3 Å². The van der Waals surface area contributed by atoms with Gasteiger partial charge < -0.3 is 10.1 Å². The second-order valence-corrected chi connectivity index (χ2v) is 10.8. The molecule has 2 heterocycles. The molecule has 6 rings (SSSR count). The quantitative estimate of drug-likeness (QED) is 0.307. The van der Waals surface area contributed by atoms with Gasteiger partial charge in [-0.2, -0.15) is 0 Å². The normalized spacial score (nSPS) is 18.8. The van der Waals surface area contributed by atoms with Gasteiger partial charge in [-0.1, -0.05) is 42.5 Å². The first-order valence-corrected chi connectivity index (χ1v) is 13.6. The van der Waals surface area contributed by atoms with Crippen molar-refractivity contribution in [1.82, 2.24) is 0 Å². The first-order chi connectivity index (χ1) is 18.5. The van der Waals surface area contributed by atoms with Crippen LogP contribution in [0.4, 0.5) is 11.4 Å². The van der Waals surface area contributed by atoms with Crippen LogP contribution in [0.2, 0.25) is 0 Å². The van der Waals surface area contributed by atoms with Crippen molar-refractivity contribution in [2.24, 2.45) is 0 Å². The molecule has 1 aromatic heterocycles. The molecule has 2 aliphatic rings. The summed E-state index contributed by atoms with van der Waals surface area (Å²) in [6.45, 7) is 2.02. The molecule has 38 heavy (non-hydrogen) atoms. The molecule has 1 amide bonds. The summed E-state index contributed by atoms with van der Waals surface area (Å²) in [5.41, 5.74) is 5.90. The molecule has 1 N–H and O–H groups in total. The monoisotopic (exact) mass is 520 g/mol. The lowest BCUT2D eigenvalue weighted by Crippen LogP contribution is -2.38. The van der Waals surface area contributed by atoms with E-state index in [0.717, 1.165) is 38.8 Å². The fraction of sp³-hybridized carbons (Fsp3) is 0.188. The number of amides is 1.